The summed E-state index contributed by atoms with van der Waals surface area (Å²) in [4.78, 5) is 27.8. The molecule has 9 heteroatoms. The molecule has 0 aliphatic heterocycles. The van der Waals surface area contributed by atoms with Gasteiger partial charge in [0.25, 0.3) is 0 Å². The molecule has 0 spiro atoms. The maximum Gasteiger partial charge on any atom is 0.244 e. The molecule has 0 bridgehead atoms. The van der Waals surface area contributed by atoms with Gasteiger partial charge in [0.1, 0.15) is 12.6 Å². The molecule has 3 aromatic carbocycles. The molecule has 1 N–H and O–H groups in total. The van der Waals surface area contributed by atoms with E-state index in [0.29, 0.717) is 21.7 Å². The van der Waals surface area contributed by atoms with Crippen molar-refractivity contribution in [2.45, 2.75) is 39.4 Å². The van der Waals surface area contributed by atoms with Crippen molar-refractivity contribution in [3.05, 3.63) is 77.3 Å². The molecule has 3 aromatic rings. The Morgan fingerprint density at radius 2 is 1.57 bits per heavy atom. The average Bonchev–Trinajstić information content (AvgIpc) is 2.80. The number of hydrogen-bond donors (Lipinski definition) is 1. The van der Waals surface area contributed by atoms with Crippen molar-refractivity contribution < 1.29 is 18.0 Å². The number of nitrogens with zero attached hydrogens (tertiary/aromatic N) is 2. The molecule has 2 amide bonds. The van der Waals surface area contributed by atoms with Crippen molar-refractivity contribution in [1.29, 1.82) is 0 Å². The number of halogens is 1. The van der Waals surface area contributed by atoms with Crippen LogP contribution in [0.5, 0.6) is 0 Å². The van der Waals surface area contributed by atoms with E-state index in [1.54, 1.807) is 43.3 Å². The van der Waals surface area contributed by atoms with E-state index in [0.717, 1.165) is 15.9 Å². The molecule has 0 radical (unpaired) electrons. The zero-order valence-electron chi connectivity index (χ0n) is 20.2. The first-order valence-electron chi connectivity index (χ1n) is 11.3. The second-order valence-corrected chi connectivity index (χ2v) is 11.0. The highest BCUT2D eigenvalue weighted by Crippen LogP contribution is 2.29. The van der Waals surface area contributed by atoms with E-state index in [2.05, 4.69) is 5.32 Å². The molecule has 0 unspecified atom stereocenters. The van der Waals surface area contributed by atoms with E-state index in [-0.39, 0.29) is 18.5 Å². The molecule has 0 saturated carbocycles. The molecule has 3 rings (SSSR count). The van der Waals surface area contributed by atoms with Crippen molar-refractivity contribution >= 4 is 49.9 Å². The van der Waals surface area contributed by atoms with Crippen LogP contribution in [0.3, 0.4) is 0 Å². The molecule has 35 heavy (non-hydrogen) atoms. The van der Waals surface area contributed by atoms with E-state index < -0.39 is 28.5 Å². The van der Waals surface area contributed by atoms with Crippen molar-refractivity contribution in [3.63, 3.8) is 0 Å². The van der Waals surface area contributed by atoms with Crippen molar-refractivity contribution in [1.82, 2.24) is 10.2 Å². The first kappa shape index (κ1) is 26.5. The zero-order valence-corrected chi connectivity index (χ0v) is 21.8. The molecule has 0 aromatic heterocycles. The summed E-state index contributed by atoms with van der Waals surface area (Å²) in [6.07, 6.45) is 1.06. The maximum absolute atomic E-state index is 13.7. The minimum Gasteiger partial charge on any atom is -0.352 e. The predicted molar refractivity (Wildman–Crippen MR) is 141 cm³/mol. The molecular weight excluding hydrogens is 486 g/mol. The second-order valence-electron chi connectivity index (χ2n) is 8.72. The third-order valence-corrected chi connectivity index (χ3v) is 7.11. The molecule has 186 valence electrons. The number of benzene rings is 3. The summed E-state index contributed by atoms with van der Waals surface area (Å²) in [5.41, 5.74) is 1.05. The fourth-order valence-electron chi connectivity index (χ4n) is 3.82. The van der Waals surface area contributed by atoms with Crippen molar-refractivity contribution in [2.75, 3.05) is 17.1 Å². The number of nitrogens with one attached hydrogen (secondary N) is 1. The summed E-state index contributed by atoms with van der Waals surface area (Å²) in [5, 5.41) is 4.83. The Bertz CT molecular complexity index is 1320. The number of sulfonamides is 1. The number of carbonyl (C=O) groups is 2. The van der Waals surface area contributed by atoms with E-state index in [9.17, 15) is 18.0 Å². The van der Waals surface area contributed by atoms with E-state index in [1.165, 1.54) is 4.90 Å². The van der Waals surface area contributed by atoms with E-state index in [4.69, 9.17) is 11.6 Å². The maximum atomic E-state index is 13.7. The van der Waals surface area contributed by atoms with Crippen LogP contribution >= 0.6 is 11.6 Å². The molecule has 0 fully saturated rings. The van der Waals surface area contributed by atoms with Crippen molar-refractivity contribution in [2.24, 2.45) is 0 Å². The Kier molecular flexibility index (Phi) is 8.40. The van der Waals surface area contributed by atoms with Crippen LogP contribution in [0.25, 0.3) is 10.8 Å². The van der Waals surface area contributed by atoms with Gasteiger partial charge in [-0.15, -0.1) is 0 Å². The number of carbonyl (C=O) groups excluding carboxylic acids is 2. The van der Waals surface area contributed by atoms with Gasteiger partial charge in [0.2, 0.25) is 21.8 Å². The molecule has 7 nitrogen and oxygen atoms in total. The minimum absolute atomic E-state index is 0.0539. The summed E-state index contributed by atoms with van der Waals surface area (Å²) in [5.74, 6) is -0.855. The highest BCUT2D eigenvalue weighted by molar-refractivity contribution is 7.92. The lowest BCUT2D eigenvalue weighted by Crippen LogP contribution is -2.52. The zero-order chi connectivity index (χ0) is 25.8. The lowest BCUT2D eigenvalue weighted by molar-refractivity contribution is -0.139. The quantitative estimate of drug-likeness (QED) is 0.462. The van der Waals surface area contributed by atoms with Gasteiger partial charge in [-0.1, -0.05) is 66.2 Å². The Labute approximate surface area is 211 Å². The second kappa shape index (κ2) is 11.1. The molecular formula is C26H30ClN3O4S. The van der Waals surface area contributed by atoms with Crippen LogP contribution in [0.2, 0.25) is 5.02 Å². The number of rotatable bonds is 9. The Morgan fingerprint density at radius 1 is 0.943 bits per heavy atom. The fraction of sp³-hybridized carbons (Fsp3) is 0.308. The topological polar surface area (TPSA) is 86.8 Å². The molecule has 0 aliphatic carbocycles. The SMILES string of the molecule is CC(C)NC(=O)[C@@H](C)N(Cc1ccccc1Cl)C(=O)CN(c1cccc2ccccc12)S(C)(=O)=O. The fourth-order valence-corrected chi connectivity index (χ4v) is 4.88. The van der Waals surface area contributed by atoms with Gasteiger partial charge in [0.05, 0.1) is 11.9 Å². The Morgan fingerprint density at radius 3 is 2.23 bits per heavy atom. The predicted octanol–water partition coefficient (Wildman–Crippen LogP) is 4.20. The van der Waals surface area contributed by atoms with Crippen molar-refractivity contribution in [3.8, 4) is 0 Å². The smallest absolute Gasteiger partial charge is 0.244 e. The molecule has 1 atom stereocenters. The van der Waals surface area contributed by atoms with Gasteiger partial charge in [-0.25, -0.2) is 8.42 Å². The lowest BCUT2D eigenvalue weighted by Gasteiger charge is -2.32. The number of hydrogen-bond acceptors (Lipinski definition) is 4. The van der Waals surface area contributed by atoms with E-state index in [1.807, 2.05) is 44.2 Å². The first-order chi connectivity index (χ1) is 16.5. The third-order valence-electron chi connectivity index (χ3n) is 5.61. The van der Waals surface area contributed by atoms with Gasteiger partial charge in [-0.05, 0) is 43.9 Å². The number of fused-ring (bicyclic) bond motifs is 1. The van der Waals surface area contributed by atoms with Gasteiger partial charge in [-0.3, -0.25) is 13.9 Å². The summed E-state index contributed by atoms with van der Waals surface area (Å²) >= 11 is 6.34. The first-order valence-corrected chi connectivity index (χ1v) is 13.5. The van der Waals surface area contributed by atoms with Crippen LogP contribution in [0.4, 0.5) is 5.69 Å². The highest BCUT2D eigenvalue weighted by atomic mass is 35.5. The van der Waals surface area contributed by atoms with Gasteiger partial charge in [-0.2, -0.15) is 0 Å². The average molecular weight is 516 g/mol. The van der Waals surface area contributed by atoms with Gasteiger partial charge in [0.15, 0.2) is 0 Å². The standard InChI is InChI=1S/C26H30ClN3O4S/c1-18(2)28-26(32)19(3)29(16-21-11-6-8-14-23(21)27)25(31)17-30(35(4,33)34)24-15-9-12-20-10-5-7-13-22(20)24/h5-15,18-19H,16-17H2,1-4H3,(H,28,32)/t19-/m1/s1. The Hall–Kier alpha value is -3.10. The minimum atomic E-state index is -3.82. The molecule has 0 heterocycles. The van der Waals surface area contributed by atoms with Gasteiger partial charge < -0.3 is 10.2 Å². The van der Waals surface area contributed by atoms with Crippen LogP contribution in [0.15, 0.2) is 66.7 Å². The van der Waals surface area contributed by atoms with Crippen LogP contribution in [-0.4, -0.2) is 50.0 Å². The summed E-state index contributed by atoms with van der Waals surface area (Å²) < 4.78 is 26.8. The summed E-state index contributed by atoms with van der Waals surface area (Å²) in [7, 11) is -3.82. The van der Waals surface area contributed by atoms with Crippen LogP contribution in [0, 0.1) is 0 Å². The largest absolute Gasteiger partial charge is 0.352 e. The van der Waals surface area contributed by atoms with Crippen LogP contribution in [-0.2, 0) is 26.2 Å². The van der Waals surface area contributed by atoms with Crippen LogP contribution < -0.4 is 9.62 Å². The molecule has 0 saturated heterocycles. The normalized spacial score (nSPS) is 12.4. The Balaban J connectivity index is 2.01. The summed E-state index contributed by atoms with van der Waals surface area (Å²) in [6, 6.07) is 18.7. The molecule has 0 aliphatic rings. The number of anilines is 1. The van der Waals surface area contributed by atoms with Crippen LogP contribution in [0.1, 0.15) is 26.3 Å². The van der Waals surface area contributed by atoms with Gasteiger partial charge >= 0.3 is 0 Å². The monoisotopic (exact) mass is 515 g/mol. The van der Waals surface area contributed by atoms with Gasteiger partial charge in [0, 0.05) is 23.0 Å². The lowest BCUT2D eigenvalue weighted by atomic mass is 10.1. The van der Waals surface area contributed by atoms with E-state index >= 15 is 0 Å². The summed E-state index contributed by atoms with van der Waals surface area (Å²) in [6.45, 7) is 4.87. The highest BCUT2D eigenvalue weighted by Gasteiger charge is 2.31. The third kappa shape index (κ3) is 6.52. The number of amides is 2.